The summed E-state index contributed by atoms with van der Waals surface area (Å²) >= 11 is 0. The number of carbonyl (C=O) groups excluding carboxylic acids is 4. The second kappa shape index (κ2) is 12.9. The monoisotopic (exact) mass is 503 g/mol. The van der Waals surface area contributed by atoms with Crippen LogP contribution in [0, 0.1) is 15.9 Å². The van der Waals surface area contributed by atoms with Gasteiger partial charge in [-0.3, -0.25) is 24.5 Å². The van der Waals surface area contributed by atoms with Crippen LogP contribution in [-0.2, 0) is 35.1 Å². The van der Waals surface area contributed by atoms with Gasteiger partial charge in [-0.05, 0) is 23.3 Å². The van der Waals surface area contributed by atoms with E-state index in [4.69, 9.17) is 9.47 Å². The van der Waals surface area contributed by atoms with E-state index in [0.29, 0.717) is 11.1 Å². The number of hydrogen-bond acceptors (Lipinski definition) is 8. The van der Waals surface area contributed by atoms with E-state index in [1.165, 1.54) is 49.4 Å². The molecule has 2 aromatic rings. The first-order valence-corrected chi connectivity index (χ1v) is 10.8. The molecule has 0 aliphatic rings. The third-order valence-corrected chi connectivity index (χ3v) is 5.32. The maximum absolute atomic E-state index is 13.6. The van der Waals surface area contributed by atoms with E-state index in [9.17, 15) is 33.7 Å². The Morgan fingerprint density at radius 2 is 1.69 bits per heavy atom. The van der Waals surface area contributed by atoms with E-state index in [2.05, 4.69) is 10.6 Å². The normalized spacial score (nSPS) is 13.0. The molecule has 0 saturated carbocycles. The van der Waals surface area contributed by atoms with Crippen molar-refractivity contribution in [1.29, 1.82) is 0 Å². The number of nitrogens with one attached hydrogen (secondary N) is 2. The van der Waals surface area contributed by atoms with E-state index in [1.807, 2.05) is 0 Å². The summed E-state index contributed by atoms with van der Waals surface area (Å²) in [4.78, 5) is 60.2. The van der Waals surface area contributed by atoms with Gasteiger partial charge in [0.2, 0.25) is 11.8 Å². The van der Waals surface area contributed by atoms with Gasteiger partial charge in [-0.25, -0.2) is 9.18 Å². The topological polar surface area (TPSA) is 154 Å². The van der Waals surface area contributed by atoms with Crippen LogP contribution in [0.3, 0.4) is 0 Å². The van der Waals surface area contributed by atoms with Crippen LogP contribution in [0.5, 0.6) is 0 Å². The molecule has 0 aliphatic heterocycles. The highest BCUT2D eigenvalue weighted by Crippen LogP contribution is 2.27. The Labute approximate surface area is 206 Å². The number of ether oxygens (including phenoxy) is 2. The summed E-state index contributed by atoms with van der Waals surface area (Å²) in [5.74, 6) is -4.49. The van der Waals surface area contributed by atoms with Crippen LogP contribution in [0.2, 0.25) is 0 Å². The fourth-order valence-corrected chi connectivity index (χ4v) is 3.59. The van der Waals surface area contributed by atoms with Crippen molar-refractivity contribution in [3.05, 3.63) is 75.6 Å². The molecule has 2 aromatic carbocycles. The minimum absolute atomic E-state index is 0.0870. The lowest BCUT2D eigenvalue weighted by atomic mass is 9.87. The van der Waals surface area contributed by atoms with Gasteiger partial charge in [0.25, 0.3) is 5.69 Å². The molecule has 0 saturated heterocycles. The number of hydrogen-bond donors (Lipinski definition) is 2. The molecule has 0 bridgehead atoms. The molecule has 0 aromatic heterocycles. The van der Waals surface area contributed by atoms with Crippen molar-refractivity contribution in [2.45, 2.75) is 37.8 Å². The molecule has 2 N–H and O–H groups in total. The zero-order valence-electron chi connectivity index (χ0n) is 19.9. The number of benzene rings is 2. The van der Waals surface area contributed by atoms with E-state index >= 15 is 0 Å². The van der Waals surface area contributed by atoms with Crippen molar-refractivity contribution >= 4 is 29.4 Å². The summed E-state index contributed by atoms with van der Waals surface area (Å²) in [6, 6.07) is 7.94. The smallest absolute Gasteiger partial charge is 0.329 e. The Hall–Kier alpha value is -4.35. The minimum Gasteiger partial charge on any atom is -0.469 e. The van der Waals surface area contributed by atoms with Gasteiger partial charge in [-0.1, -0.05) is 24.3 Å². The molecular formula is C24H26FN3O8. The molecule has 2 rings (SSSR count). The third-order valence-electron chi connectivity index (χ3n) is 5.32. The fourth-order valence-electron chi connectivity index (χ4n) is 3.59. The molecule has 0 fully saturated rings. The van der Waals surface area contributed by atoms with E-state index in [1.54, 1.807) is 6.07 Å². The molecule has 0 radical (unpaired) electrons. The van der Waals surface area contributed by atoms with Crippen molar-refractivity contribution in [3.8, 4) is 0 Å². The number of nitrogens with zero attached hydrogens (tertiary/aromatic N) is 1. The molecule has 3 atom stereocenters. The van der Waals surface area contributed by atoms with Gasteiger partial charge < -0.3 is 20.1 Å². The van der Waals surface area contributed by atoms with Crippen LogP contribution in [0.1, 0.15) is 30.4 Å². The van der Waals surface area contributed by atoms with Gasteiger partial charge >= 0.3 is 11.9 Å². The van der Waals surface area contributed by atoms with E-state index < -0.39 is 52.5 Å². The lowest BCUT2D eigenvalue weighted by Gasteiger charge is -2.28. The van der Waals surface area contributed by atoms with Gasteiger partial charge in [0.15, 0.2) is 0 Å². The zero-order valence-corrected chi connectivity index (χ0v) is 19.9. The van der Waals surface area contributed by atoms with Crippen LogP contribution in [0.4, 0.5) is 10.1 Å². The van der Waals surface area contributed by atoms with Crippen molar-refractivity contribution in [2.75, 3.05) is 14.2 Å². The minimum atomic E-state index is -1.42. The van der Waals surface area contributed by atoms with Gasteiger partial charge in [0.1, 0.15) is 17.9 Å². The van der Waals surface area contributed by atoms with Crippen LogP contribution < -0.4 is 10.6 Å². The average Bonchev–Trinajstić information content (AvgIpc) is 2.84. The summed E-state index contributed by atoms with van der Waals surface area (Å²) in [6.07, 6.45) is -0.459. The van der Waals surface area contributed by atoms with Gasteiger partial charge in [0.05, 0.1) is 25.6 Å². The molecule has 0 heterocycles. The summed E-state index contributed by atoms with van der Waals surface area (Å²) in [5, 5.41) is 16.0. The van der Waals surface area contributed by atoms with E-state index in [-0.39, 0.29) is 18.5 Å². The Bertz CT molecular complexity index is 1120. The molecule has 0 aliphatic carbocycles. The maximum Gasteiger partial charge on any atom is 0.329 e. The third kappa shape index (κ3) is 7.86. The Balaban J connectivity index is 2.42. The molecule has 12 heteroatoms. The number of non-ortho nitro benzene ring substituents is 1. The summed E-state index contributed by atoms with van der Waals surface area (Å²) in [7, 11) is 2.23. The van der Waals surface area contributed by atoms with Crippen molar-refractivity contribution < 1.29 is 38.0 Å². The van der Waals surface area contributed by atoms with Crippen LogP contribution >= 0.6 is 0 Å². The number of carbonyl (C=O) groups is 4. The number of amides is 2. The molecule has 36 heavy (non-hydrogen) atoms. The standard InChI is InChI=1S/C24H26FN3O8/c1-14(29)26-20(12-15-5-4-6-17(25)11-15)23(31)27-22(24(32)36-3)19(13-21(30)35-2)16-7-9-18(10-8-16)28(33)34/h4-11,19-20,22H,12-13H2,1-3H3,(H,26,29)(H,27,31)/t19-,20+,22+/m0/s1. The molecule has 192 valence electrons. The summed E-state index contributed by atoms with van der Waals surface area (Å²) in [5.41, 5.74) is 0.526. The lowest BCUT2D eigenvalue weighted by molar-refractivity contribution is -0.384. The Morgan fingerprint density at radius 3 is 2.22 bits per heavy atom. The number of halogens is 1. The Kier molecular flexibility index (Phi) is 10.0. The second-order valence-corrected chi connectivity index (χ2v) is 7.83. The number of methoxy groups -OCH3 is 2. The van der Waals surface area contributed by atoms with Gasteiger partial charge in [0, 0.05) is 31.4 Å². The molecule has 2 amide bonds. The fraction of sp³-hybridized carbons (Fsp3) is 0.333. The first-order chi connectivity index (χ1) is 17.0. The highest BCUT2D eigenvalue weighted by molar-refractivity contribution is 5.91. The lowest BCUT2D eigenvalue weighted by Crippen LogP contribution is -2.54. The number of nitro benzene ring substituents is 1. The Morgan fingerprint density at radius 1 is 1.03 bits per heavy atom. The highest BCUT2D eigenvalue weighted by atomic mass is 19.1. The van der Waals surface area contributed by atoms with Crippen LogP contribution in [-0.4, -0.2) is 55.0 Å². The van der Waals surface area contributed by atoms with E-state index in [0.717, 1.165) is 14.2 Å². The number of rotatable bonds is 11. The molecule has 11 nitrogen and oxygen atoms in total. The molecule has 0 spiro atoms. The maximum atomic E-state index is 13.6. The predicted molar refractivity (Wildman–Crippen MR) is 124 cm³/mol. The first-order valence-electron chi connectivity index (χ1n) is 10.8. The predicted octanol–water partition coefficient (Wildman–Crippen LogP) is 1.79. The van der Waals surface area contributed by atoms with Gasteiger partial charge in [-0.15, -0.1) is 0 Å². The number of nitro groups is 1. The first kappa shape index (κ1) is 27.9. The second-order valence-electron chi connectivity index (χ2n) is 7.83. The summed E-state index contributed by atoms with van der Waals surface area (Å²) < 4.78 is 23.2. The summed E-state index contributed by atoms with van der Waals surface area (Å²) in [6.45, 7) is 1.20. The largest absolute Gasteiger partial charge is 0.469 e. The number of esters is 2. The van der Waals surface area contributed by atoms with Crippen molar-refractivity contribution in [2.24, 2.45) is 0 Å². The van der Waals surface area contributed by atoms with Crippen molar-refractivity contribution in [3.63, 3.8) is 0 Å². The zero-order chi connectivity index (χ0) is 26.8. The molecule has 0 unspecified atom stereocenters. The SMILES string of the molecule is COC(=O)C[C@@H](c1ccc([N+](=O)[O-])cc1)[C@@H](NC(=O)[C@@H](Cc1cccc(F)c1)NC(C)=O)C(=O)OC. The van der Waals surface area contributed by atoms with Crippen molar-refractivity contribution in [1.82, 2.24) is 10.6 Å². The van der Waals surface area contributed by atoms with Crippen LogP contribution in [0.15, 0.2) is 48.5 Å². The van der Waals surface area contributed by atoms with Crippen LogP contribution in [0.25, 0.3) is 0 Å². The van der Waals surface area contributed by atoms with Gasteiger partial charge in [-0.2, -0.15) is 0 Å². The average molecular weight is 503 g/mol. The quantitative estimate of drug-likeness (QED) is 0.267. The molecular weight excluding hydrogens is 477 g/mol. The highest BCUT2D eigenvalue weighted by Gasteiger charge is 2.36.